The van der Waals surface area contributed by atoms with Gasteiger partial charge in [0.2, 0.25) is 5.91 Å². The molecular weight excluding hydrogens is 288 g/mol. The number of aromatic nitrogens is 3. The second kappa shape index (κ2) is 8.47. The van der Waals surface area contributed by atoms with Crippen LogP contribution in [0.4, 0.5) is 0 Å². The molecule has 0 atom stereocenters. The van der Waals surface area contributed by atoms with Crippen molar-refractivity contribution in [2.24, 2.45) is 0 Å². The van der Waals surface area contributed by atoms with Gasteiger partial charge in [-0.25, -0.2) is 9.48 Å². The second-order valence-electron chi connectivity index (χ2n) is 5.44. The maximum absolute atomic E-state index is 11.7. The third-order valence-corrected chi connectivity index (χ3v) is 3.61. The van der Waals surface area contributed by atoms with Gasteiger partial charge >= 0.3 is 5.97 Å². The van der Waals surface area contributed by atoms with Gasteiger partial charge in [0.15, 0.2) is 5.69 Å². The molecule has 1 aliphatic carbocycles. The van der Waals surface area contributed by atoms with E-state index >= 15 is 0 Å². The van der Waals surface area contributed by atoms with Crippen LogP contribution in [0.1, 0.15) is 49.0 Å². The molecule has 2 rings (SSSR count). The van der Waals surface area contributed by atoms with E-state index < -0.39 is 5.97 Å². The van der Waals surface area contributed by atoms with E-state index in [1.165, 1.54) is 30.1 Å². The molecule has 1 fully saturated rings. The van der Waals surface area contributed by atoms with Crippen molar-refractivity contribution in [1.82, 2.24) is 20.3 Å². The third-order valence-electron chi connectivity index (χ3n) is 3.61. The van der Waals surface area contributed by atoms with Gasteiger partial charge in [0.25, 0.3) is 0 Å². The van der Waals surface area contributed by atoms with Crippen LogP contribution in [0.25, 0.3) is 0 Å². The number of ether oxygens (including phenoxy) is 1. The van der Waals surface area contributed by atoms with E-state index in [1.54, 1.807) is 0 Å². The minimum atomic E-state index is -1.16. The molecule has 1 aromatic rings. The Balaban J connectivity index is 1.56. The standard InChI is InChI=1S/C14H22N4O4/c19-13(10-18-9-12(14(20)21)16-17-18)15-7-4-8-22-11-5-2-1-3-6-11/h9,11H,1-8,10H2,(H,15,19)(H,20,21). The third kappa shape index (κ3) is 5.44. The highest BCUT2D eigenvalue weighted by Gasteiger charge is 2.13. The molecule has 0 saturated heterocycles. The van der Waals surface area contributed by atoms with Gasteiger partial charge in [-0.15, -0.1) is 5.10 Å². The van der Waals surface area contributed by atoms with Crippen molar-refractivity contribution in [3.8, 4) is 0 Å². The number of carbonyl (C=O) groups excluding carboxylic acids is 1. The second-order valence-corrected chi connectivity index (χ2v) is 5.44. The number of aromatic carboxylic acids is 1. The maximum Gasteiger partial charge on any atom is 0.358 e. The van der Waals surface area contributed by atoms with Gasteiger partial charge < -0.3 is 15.2 Å². The Morgan fingerprint density at radius 2 is 2.14 bits per heavy atom. The molecule has 1 amide bonds. The first-order valence-corrected chi connectivity index (χ1v) is 7.67. The van der Waals surface area contributed by atoms with Crippen LogP contribution >= 0.6 is 0 Å². The molecule has 0 aliphatic heterocycles. The van der Waals surface area contributed by atoms with E-state index in [2.05, 4.69) is 15.6 Å². The van der Waals surface area contributed by atoms with Crippen molar-refractivity contribution in [1.29, 1.82) is 0 Å². The SMILES string of the molecule is O=C(Cn1cc(C(=O)O)nn1)NCCCOC1CCCCC1. The Bertz CT molecular complexity index is 497. The van der Waals surface area contributed by atoms with Crippen LogP contribution in [-0.4, -0.2) is 51.2 Å². The lowest BCUT2D eigenvalue weighted by Crippen LogP contribution is -2.29. The molecule has 1 saturated carbocycles. The van der Waals surface area contributed by atoms with Crippen LogP contribution in [0, 0.1) is 0 Å². The Labute approximate surface area is 128 Å². The van der Waals surface area contributed by atoms with Crippen LogP contribution in [0.3, 0.4) is 0 Å². The zero-order valence-electron chi connectivity index (χ0n) is 12.5. The molecule has 8 heteroatoms. The van der Waals surface area contributed by atoms with Crippen molar-refractivity contribution in [3.05, 3.63) is 11.9 Å². The number of rotatable bonds is 8. The van der Waals surface area contributed by atoms with E-state index in [1.807, 2.05) is 0 Å². The van der Waals surface area contributed by atoms with Crippen molar-refractivity contribution >= 4 is 11.9 Å². The number of amides is 1. The highest BCUT2D eigenvalue weighted by Crippen LogP contribution is 2.20. The largest absolute Gasteiger partial charge is 0.476 e. The zero-order chi connectivity index (χ0) is 15.8. The number of nitrogens with one attached hydrogen (secondary N) is 1. The predicted octanol–water partition coefficient (Wildman–Crippen LogP) is 0.832. The molecule has 8 nitrogen and oxygen atoms in total. The molecule has 22 heavy (non-hydrogen) atoms. The van der Waals surface area contributed by atoms with Crippen LogP contribution in [0.2, 0.25) is 0 Å². The van der Waals surface area contributed by atoms with E-state index in [0.717, 1.165) is 19.3 Å². The fourth-order valence-electron chi connectivity index (χ4n) is 2.46. The number of carboxylic acid groups (broad SMARTS) is 1. The summed E-state index contributed by atoms with van der Waals surface area (Å²) >= 11 is 0. The number of hydrogen-bond acceptors (Lipinski definition) is 5. The number of nitrogens with zero attached hydrogens (tertiary/aromatic N) is 3. The lowest BCUT2D eigenvalue weighted by Gasteiger charge is -2.21. The van der Waals surface area contributed by atoms with Crippen LogP contribution in [-0.2, 0) is 16.1 Å². The normalized spacial score (nSPS) is 15.6. The number of hydrogen-bond donors (Lipinski definition) is 2. The quantitative estimate of drug-likeness (QED) is 0.689. The first-order valence-electron chi connectivity index (χ1n) is 7.67. The summed E-state index contributed by atoms with van der Waals surface area (Å²) in [6, 6.07) is 0. The van der Waals surface area contributed by atoms with Gasteiger partial charge in [0.05, 0.1) is 12.3 Å². The van der Waals surface area contributed by atoms with Gasteiger partial charge in [-0.2, -0.15) is 0 Å². The van der Waals surface area contributed by atoms with Crippen LogP contribution < -0.4 is 5.32 Å². The molecule has 0 radical (unpaired) electrons. The molecule has 1 aromatic heterocycles. The lowest BCUT2D eigenvalue weighted by molar-refractivity contribution is -0.121. The van der Waals surface area contributed by atoms with E-state index in [0.29, 0.717) is 19.3 Å². The Hall–Kier alpha value is -1.96. The van der Waals surface area contributed by atoms with Gasteiger partial charge in [-0.1, -0.05) is 24.5 Å². The molecule has 0 spiro atoms. The van der Waals surface area contributed by atoms with Crippen molar-refractivity contribution in [3.63, 3.8) is 0 Å². The average molecular weight is 310 g/mol. The molecule has 0 unspecified atom stereocenters. The fraction of sp³-hybridized carbons (Fsp3) is 0.714. The van der Waals surface area contributed by atoms with Crippen molar-refractivity contribution < 1.29 is 19.4 Å². The minimum absolute atomic E-state index is 0.0379. The summed E-state index contributed by atoms with van der Waals surface area (Å²) in [7, 11) is 0. The topological polar surface area (TPSA) is 106 Å². The molecule has 122 valence electrons. The highest BCUT2D eigenvalue weighted by molar-refractivity contribution is 5.84. The Kier molecular flexibility index (Phi) is 6.32. The number of carbonyl (C=O) groups is 2. The first-order chi connectivity index (χ1) is 10.6. The summed E-state index contributed by atoms with van der Waals surface area (Å²) in [5.41, 5.74) is -0.173. The molecular formula is C14H22N4O4. The van der Waals surface area contributed by atoms with Crippen LogP contribution in [0.5, 0.6) is 0 Å². The highest BCUT2D eigenvalue weighted by atomic mass is 16.5. The smallest absolute Gasteiger partial charge is 0.358 e. The van der Waals surface area contributed by atoms with Gasteiger partial charge in [-0.3, -0.25) is 4.79 Å². The van der Waals surface area contributed by atoms with E-state index in [4.69, 9.17) is 9.84 Å². The molecule has 1 aliphatic rings. The average Bonchev–Trinajstić information content (AvgIpc) is 2.96. The van der Waals surface area contributed by atoms with Crippen molar-refractivity contribution in [2.75, 3.05) is 13.2 Å². The Morgan fingerprint density at radius 1 is 1.36 bits per heavy atom. The summed E-state index contributed by atoms with van der Waals surface area (Å²) in [5.74, 6) is -1.38. The van der Waals surface area contributed by atoms with Crippen molar-refractivity contribution in [2.45, 2.75) is 51.2 Å². The molecule has 1 heterocycles. The van der Waals surface area contributed by atoms with Gasteiger partial charge in [-0.05, 0) is 19.3 Å². The molecule has 0 bridgehead atoms. The van der Waals surface area contributed by atoms with Gasteiger partial charge in [0.1, 0.15) is 6.54 Å². The summed E-state index contributed by atoms with van der Waals surface area (Å²) in [5, 5.41) is 18.5. The summed E-state index contributed by atoms with van der Waals surface area (Å²) in [4.78, 5) is 22.3. The van der Waals surface area contributed by atoms with E-state index in [-0.39, 0.29) is 18.1 Å². The monoisotopic (exact) mass is 310 g/mol. The van der Waals surface area contributed by atoms with E-state index in [9.17, 15) is 9.59 Å². The molecule has 0 aromatic carbocycles. The minimum Gasteiger partial charge on any atom is -0.476 e. The number of carboxylic acids is 1. The summed E-state index contributed by atoms with van der Waals surface area (Å²) < 4.78 is 6.97. The fourth-order valence-corrected chi connectivity index (χ4v) is 2.46. The summed E-state index contributed by atoms with van der Waals surface area (Å²) in [6.07, 6.45) is 8.47. The lowest BCUT2D eigenvalue weighted by atomic mass is 9.98. The first kappa shape index (κ1) is 16.4. The van der Waals surface area contributed by atoms with Gasteiger partial charge in [0, 0.05) is 13.2 Å². The predicted molar refractivity (Wildman–Crippen MR) is 77.4 cm³/mol. The maximum atomic E-state index is 11.7. The summed E-state index contributed by atoms with van der Waals surface area (Å²) in [6.45, 7) is 1.15. The Morgan fingerprint density at radius 3 is 2.82 bits per heavy atom. The van der Waals surface area contributed by atoms with Crippen LogP contribution in [0.15, 0.2) is 6.20 Å². The zero-order valence-corrected chi connectivity index (χ0v) is 12.5. The molecule has 2 N–H and O–H groups in total.